The predicted molar refractivity (Wildman–Crippen MR) is 63.2 cm³/mol. The Labute approximate surface area is 98.7 Å². The zero-order valence-electron chi connectivity index (χ0n) is 9.64. The van der Waals surface area contributed by atoms with Gasteiger partial charge >= 0.3 is 5.97 Å². The lowest BCUT2D eigenvalue weighted by atomic mass is 10.1. The smallest absolute Gasteiger partial charge is 0.364 e. The Hall–Kier alpha value is -2.17. The van der Waals surface area contributed by atoms with Crippen LogP contribution in [0.2, 0.25) is 0 Å². The molecule has 0 saturated carbocycles. The van der Waals surface area contributed by atoms with Crippen LogP contribution in [0.5, 0.6) is 0 Å². The van der Waals surface area contributed by atoms with Crippen molar-refractivity contribution in [2.45, 2.75) is 13.8 Å². The van der Waals surface area contributed by atoms with Crippen LogP contribution in [-0.4, -0.2) is 17.7 Å². The minimum Gasteiger partial charge on any atom is -0.505 e. The van der Waals surface area contributed by atoms with Gasteiger partial charge in [0.2, 0.25) is 5.70 Å². The van der Waals surface area contributed by atoms with E-state index in [0.717, 1.165) is 5.56 Å². The van der Waals surface area contributed by atoms with Gasteiger partial charge in [-0.15, -0.1) is 4.91 Å². The van der Waals surface area contributed by atoms with E-state index in [1.54, 1.807) is 31.2 Å². The Balaban J connectivity index is 3.12. The molecule has 17 heavy (non-hydrogen) atoms. The number of hydrogen-bond donors (Lipinski definition) is 1. The van der Waals surface area contributed by atoms with E-state index in [4.69, 9.17) is 0 Å². The number of esters is 1. The first-order valence-electron chi connectivity index (χ1n) is 5.11. The van der Waals surface area contributed by atoms with Gasteiger partial charge < -0.3 is 9.84 Å². The van der Waals surface area contributed by atoms with Gasteiger partial charge in [-0.2, -0.15) is 0 Å². The first kappa shape index (κ1) is 12.9. The number of nitroso groups, excluding NO2 is 1. The van der Waals surface area contributed by atoms with E-state index in [0.29, 0.717) is 5.56 Å². The minimum atomic E-state index is -0.930. The summed E-state index contributed by atoms with van der Waals surface area (Å²) in [5.41, 5.74) is 0.729. The Morgan fingerprint density at radius 3 is 2.41 bits per heavy atom. The molecule has 1 aromatic rings. The van der Waals surface area contributed by atoms with Crippen LogP contribution in [0, 0.1) is 11.8 Å². The number of ether oxygens (including phenoxy) is 1. The van der Waals surface area contributed by atoms with Gasteiger partial charge in [-0.1, -0.05) is 29.8 Å². The Morgan fingerprint density at radius 2 is 1.94 bits per heavy atom. The third kappa shape index (κ3) is 3.14. The average Bonchev–Trinajstić information content (AvgIpc) is 2.31. The summed E-state index contributed by atoms with van der Waals surface area (Å²) in [4.78, 5) is 21.9. The highest BCUT2D eigenvalue weighted by Crippen LogP contribution is 2.18. The average molecular weight is 235 g/mol. The van der Waals surface area contributed by atoms with E-state index in [9.17, 15) is 14.8 Å². The summed E-state index contributed by atoms with van der Waals surface area (Å²) in [7, 11) is 0. The van der Waals surface area contributed by atoms with Gasteiger partial charge in [-0.3, -0.25) is 0 Å². The molecule has 1 N–H and O–H groups in total. The molecule has 1 rings (SSSR count). The second-order valence-corrected chi connectivity index (χ2v) is 3.37. The van der Waals surface area contributed by atoms with Crippen LogP contribution < -0.4 is 0 Å². The normalized spacial score (nSPS) is 11.6. The summed E-state index contributed by atoms with van der Waals surface area (Å²) in [6.07, 6.45) is 0. The van der Waals surface area contributed by atoms with Crippen molar-refractivity contribution in [2.24, 2.45) is 5.18 Å². The van der Waals surface area contributed by atoms with Gasteiger partial charge in [0.05, 0.1) is 6.61 Å². The van der Waals surface area contributed by atoms with Gasteiger partial charge in [0, 0.05) is 5.56 Å². The lowest BCUT2D eigenvalue weighted by molar-refractivity contribution is -0.138. The van der Waals surface area contributed by atoms with Crippen molar-refractivity contribution in [1.29, 1.82) is 0 Å². The molecule has 0 saturated heterocycles. The number of benzene rings is 1. The molecule has 0 aliphatic heterocycles. The molecule has 5 heteroatoms. The van der Waals surface area contributed by atoms with E-state index in [1.807, 2.05) is 6.92 Å². The summed E-state index contributed by atoms with van der Waals surface area (Å²) in [5, 5.41) is 12.3. The molecule has 5 nitrogen and oxygen atoms in total. The Morgan fingerprint density at radius 1 is 1.35 bits per heavy atom. The zero-order valence-corrected chi connectivity index (χ0v) is 9.64. The van der Waals surface area contributed by atoms with Gasteiger partial charge in [0.25, 0.3) is 0 Å². The number of rotatable bonds is 4. The van der Waals surface area contributed by atoms with Gasteiger partial charge in [0.15, 0.2) is 5.76 Å². The molecule has 0 heterocycles. The van der Waals surface area contributed by atoms with E-state index >= 15 is 0 Å². The fraction of sp³-hybridized carbons (Fsp3) is 0.250. The van der Waals surface area contributed by atoms with Gasteiger partial charge in [-0.05, 0) is 19.0 Å². The minimum absolute atomic E-state index is 0.110. The quantitative estimate of drug-likeness (QED) is 0.376. The Kier molecular flexibility index (Phi) is 4.39. The maximum absolute atomic E-state index is 11.3. The number of nitrogens with zero attached hydrogens (tertiary/aromatic N) is 1. The van der Waals surface area contributed by atoms with Crippen LogP contribution in [-0.2, 0) is 9.53 Å². The van der Waals surface area contributed by atoms with Crippen LogP contribution in [0.1, 0.15) is 18.1 Å². The van der Waals surface area contributed by atoms with Crippen molar-refractivity contribution in [3.05, 3.63) is 46.0 Å². The van der Waals surface area contributed by atoms with Gasteiger partial charge in [0.1, 0.15) is 0 Å². The molecule has 0 radical (unpaired) electrons. The summed E-state index contributed by atoms with van der Waals surface area (Å²) < 4.78 is 4.61. The van der Waals surface area contributed by atoms with E-state index in [2.05, 4.69) is 9.91 Å². The van der Waals surface area contributed by atoms with Crippen molar-refractivity contribution in [3.63, 3.8) is 0 Å². The fourth-order valence-corrected chi connectivity index (χ4v) is 1.22. The fourth-order valence-electron chi connectivity index (χ4n) is 1.22. The third-order valence-corrected chi connectivity index (χ3v) is 2.11. The molecule has 0 aromatic heterocycles. The molecule has 0 bridgehead atoms. The maximum atomic E-state index is 11.3. The monoisotopic (exact) mass is 235 g/mol. The number of hydrogen-bond acceptors (Lipinski definition) is 5. The van der Waals surface area contributed by atoms with E-state index in [1.165, 1.54) is 0 Å². The van der Waals surface area contributed by atoms with Crippen LogP contribution in [0.25, 0.3) is 5.76 Å². The van der Waals surface area contributed by atoms with Crippen LogP contribution in [0.3, 0.4) is 0 Å². The molecule has 0 fully saturated rings. The third-order valence-electron chi connectivity index (χ3n) is 2.11. The van der Waals surface area contributed by atoms with Crippen LogP contribution in [0.15, 0.2) is 35.1 Å². The highest BCUT2D eigenvalue weighted by atomic mass is 16.5. The molecule has 0 unspecified atom stereocenters. The molecule has 0 aliphatic rings. The summed E-state index contributed by atoms with van der Waals surface area (Å²) in [6.45, 7) is 3.59. The standard InChI is InChI=1S/C12H13NO4/c1-3-17-12(15)10(13-16)11(14)9-6-4-8(2)5-7-9/h4-7,14H,3H2,1-2H3/b11-10+. The number of aliphatic hydroxyl groups excluding tert-OH is 1. The van der Waals surface area contributed by atoms with Gasteiger partial charge in [-0.25, -0.2) is 4.79 Å². The number of aliphatic hydroxyl groups is 1. The Bertz CT molecular complexity index is 448. The highest BCUT2D eigenvalue weighted by Gasteiger charge is 2.18. The molecule has 0 aliphatic carbocycles. The van der Waals surface area contributed by atoms with Crippen molar-refractivity contribution < 1.29 is 14.6 Å². The molecule has 0 atom stereocenters. The van der Waals surface area contributed by atoms with Crippen LogP contribution in [0.4, 0.5) is 0 Å². The maximum Gasteiger partial charge on any atom is 0.364 e. The molecule has 0 spiro atoms. The first-order chi connectivity index (χ1) is 8.10. The summed E-state index contributed by atoms with van der Waals surface area (Å²) in [6, 6.07) is 6.68. The first-order valence-corrected chi connectivity index (χ1v) is 5.11. The topological polar surface area (TPSA) is 76.0 Å². The second kappa shape index (κ2) is 5.79. The number of aryl methyl sites for hydroxylation is 1. The number of carbonyl (C=O) groups is 1. The lowest BCUT2D eigenvalue weighted by Crippen LogP contribution is -2.08. The van der Waals surface area contributed by atoms with E-state index in [-0.39, 0.29) is 6.61 Å². The van der Waals surface area contributed by atoms with Crippen molar-refractivity contribution >= 4 is 11.7 Å². The highest BCUT2D eigenvalue weighted by molar-refractivity contribution is 5.95. The van der Waals surface area contributed by atoms with Crippen molar-refractivity contribution in [1.82, 2.24) is 0 Å². The molecular weight excluding hydrogens is 222 g/mol. The largest absolute Gasteiger partial charge is 0.505 e. The van der Waals surface area contributed by atoms with Crippen molar-refractivity contribution in [2.75, 3.05) is 6.61 Å². The molecule has 0 amide bonds. The summed E-state index contributed by atoms with van der Waals surface area (Å²) in [5.74, 6) is -1.40. The summed E-state index contributed by atoms with van der Waals surface area (Å²) >= 11 is 0. The predicted octanol–water partition coefficient (Wildman–Crippen LogP) is 2.55. The SMILES string of the molecule is CCOC(=O)/C(N=O)=C(\O)c1ccc(C)cc1. The lowest BCUT2D eigenvalue weighted by Gasteiger charge is -2.04. The van der Waals surface area contributed by atoms with Crippen LogP contribution >= 0.6 is 0 Å². The number of carbonyl (C=O) groups excluding carboxylic acids is 1. The molecule has 90 valence electrons. The van der Waals surface area contributed by atoms with E-state index < -0.39 is 17.4 Å². The molecule has 1 aromatic carbocycles. The molecular formula is C12H13NO4. The second-order valence-electron chi connectivity index (χ2n) is 3.37. The van der Waals surface area contributed by atoms with Crippen molar-refractivity contribution in [3.8, 4) is 0 Å². The zero-order chi connectivity index (χ0) is 12.8.